The highest BCUT2D eigenvalue weighted by molar-refractivity contribution is 5.96. The number of carbonyl (C=O) groups is 2. The van der Waals surface area contributed by atoms with E-state index in [1.165, 1.54) is 17.9 Å². The maximum Gasteiger partial charge on any atom is 0.357 e. The number of rotatable bonds is 5. The van der Waals surface area contributed by atoms with Gasteiger partial charge >= 0.3 is 5.97 Å². The third kappa shape index (κ3) is 2.79. The molecule has 0 aliphatic carbocycles. The standard InChI is InChI=1S/C16H15N3O4/c1-9(2)15-11(8-20)14(16(21)22)18-19(15)12-6-10(7-17)4-5-13(12)23-3/h4-6,8-9H,1-3H3,(H,21,22). The number of nitriles is 1. The second-order valence-electron chi connectivity index (χ2n) is 5.14. The number of aromatic carboxylic acids is 1. The van der Waals surface area contributed by atoms with Gasteiger partial charge in [-0.2, -0.15) is 10.4 Å². The van der Waals surface area contributed by atoms with Crippen molar-refractivity contribution in [3.8, 4) is 17.5 Å². The van der Waals surface area contributed by atoms with E-state index in [9.17, 15) is 14.7 Å². The van der Waals surface area contributed by atoms with Crippen LogP contribution in [0.4, 0.5) is 0 Å². The van der Waals surface area contributed by atoms with Gasteiger partial charge in [-0.05, 0) is 24.1 Å². The third-order valence-corrected chi connectivity index (χ3v) is 3.36. The van der Waals surface area contributed by atoms with E-state index in [2.05, 4.69) is 5.10 Å². The molecule has 118 valence electrons. The molecule has 0 spiro atoms. The van der Waals surface area contributed by atoms with Crippen molar-refractivity contribution < 1.29 is 19.4 Å². The highest BCUT2D eigenvalue weighted by Gasteiger charge is 2.26. The van der Waals surface area contributed by atoms with Gasteiger partial charge in [0.1, 0.15) is 11.4 Å². The average molecular weight is 313 g/mol. The zero-order chi connectivity index (χ0) is 17.1. The zero-order valence-electron chi connectivity index (χ0n) is 12.9. The lowest BCUT2D eigenvalue weighted by Crippen LogP contribution is -2.07. The highest BCUT2D eigenvalue weighted by Crippen LogP contribution is 2.30. The molecule has 0 radical (unpaired) electrons. The van der Waals surface area contributed by atoms with Crippen molar-refractivity contribution in [3.05, 3.63) is 40.7 Å². The lowest BCUT2D eigenvalue weighted by Gasteiger charge is -2.14. The number of hydrogen-bond acceptors (Lipinski definition) is 5. The molecule has 0 saturated heterocycles. The van der Waals surface area contributed by atoms with Gasteiger partial charge in [0.15, 0.2) is 12.0 Å². The van der Waals surface area contributed by atoms with Crippen LogP contribution in [-0.2, 0) is 0 Å². The second-order valence-corrected chi connectivity index (χ2v) is 5.14. The van der Waals surface area contributed by atoms with Crippen LogP contribution in [0.3, 0.4) is 0 Å². The molecule has 0 amide bonds. The second kappa shape index (κ2) is 6.32. The van der Waals surface area contributed by atoms with Crippen LogP contribution in [0, 0.1) is 11.3 Å². The zero-order valence-corrected chi connectivity index (χ0v) is 12.9. The van der Waals surface area contributed by atoms with E-state index in [1.807, 2.05) is 19.9 Å². The van der Waals surface area contributed by atoms with Crippen molar-refractivity contribution in [3.63, 3.8) is 0 Å². The molecule has 0 unspecified atom stereocenters. The van der Waals surface area contributed by atoms with Crippen molar-refractivity contribution in [2.45, 2.75) is 19.8 Å². The molecule has 1 aromatic heterocycles. The number of ether oxygens (including phenoxy) is 1. The molecule has 0 saturated carbocycles. The number of carbonyl (C=O) groups excluding carboxylic acids is 1. The number of carboxylic acid groups (broad SMARTS) is 1. The molecule has 0 bridgehead atoms. The first-order valence-electron chi connectivity index (χ1n) is 6.84. The summed E-state index contributed by atoms with van der Waals surface area (Å²) < 4.78 is 6.63. The van der Waals surface area contributed by atoms with Gasteiger partial charge in [-0.25, -0.2) is 9.48 Å². The summed E-state index contributed by atoms with van der Waals surface area (Å²) in [6, 6.07) is 6.73. The summed E-state index contributed by atoms with van der Waals surface area (Å²) in [5.41, 5.74) is 0.928. The highest BCUT2D eigenvalue weighted by atomic mass is 16.5. The van der Waals surface area contributed by atoms with E-state index < -0.39 is 5.97 Å². The number of nitrogens with zero attached hydrogens (tertiary/aromatic N) is 3. The van der Waals surface area contributed by atoms with Gasteiger partial charge < -0.3 is 9.84 Å². The summed E-state index contributed by atoms with van der Waals surface area (Å²) in [6.07, 6.45) is 0.489. The van der Waals surface area contributed by atoms with Gasteiger partial charge in [0.2, 0.25) is 0 Å². The smallest absolute Gasteiger partial charge is 0.357 e. The van der Waals surface area contributed by atoms with Crippen LogP contribution in [0.25, 0.3) is 5.69 Å². The monoisotopic (exact) mass is 313 g/mol. The minimum atomic E-state index is -1.29. The molecule has 1 aromatic carbocycles. The number of benzene rings is 1. The first-order valence-corrected chi connectivity index (χ1v) is 6.84. The molecule has 0 aliphatic rings. The summed E-state index contributed by atoms with van der Waals surface area (Å²) in [6.45, 7) is 3.65. The van der Waals surface area contributed by atoms with Crippen LogP contribution < -0.4 is 4.74 Å². The lowest BCUT2D eigenvalue weighted by molar-refractivity contribution is 0.0687. The Kier molecular flexibility index (Phi) is 4.46. The van der Waals surface area contributed by atoms with Gasteiger partial charge in [0.25, 0.3) is 0 Å². The SMILES string of the molecule is COc1ccc(C#N)cc1-n1nc(C(=O)O)c(C=O)c1C(C)C. The van der Waals surface area contributed by atoms with Crippen molar-refractivity contribution in [2.24, 2.45) is 0 Å². The number of hydrogen-bond donors (Lipinski definition) is 1. The Morgan fingerprint density at radius 2 is 2.17 bits per heavy atom. The molecule has 1 N–H and O–H groups in total. The minimum Gasteiger partial charge on any atom is -0.494 e. The van der Waals surface area contributed by atoms with E-state index in [0.717, 1.165) is 0 Å². The topological polar surface area (TPSA) is 105 Å². The minimum absolute atomic E-state index is 0.0249. The summed E-state index contributed by atoms with van der Waals surface area (Å²) in [4.78, 5) is 22.7. The first kappa shape index (κ1) is 16.2. The van der Waals surface area contributed by atoms with Crippen LogP contribution in [0.2, 0.25) is 0 Å². The number of aldehydes is 1. The van der Waals surface area contributed by atoms with Gasteiger partial charge in [0, 0.05) is 0 Å². The predicted molar refractivity (Wildman–Crippen MR) is 81.3 cm³/mol. The van der Waals surface area contributed by atoms with Gasteiger partial charge in [-0.1, -0.05) is 13.8 Å². The fourth-order valence-electron chi connectivity index (χ4n) is 2.38. The predicted octanol–water partition coefficient (Wildman–Crippen LogP) is 2.39. The van der Waals surface area contributed by atoms with E-state index in [4.69, 9.17) is 10.00 Å². The fraction of sp³-hybridized carbons (Fsp3) is 0.250. The molecule has 1 heterocycles. The van der Waals surface area contributed by atoms with Gasteiger partial charge in [-0.3, -0.25) is 4.79 Å². The molecule has 2 aromatic rings. The van der Waals surface area contributed by atoms with Crippen LogP contribution in [0.15, 0.2) is 18.2 Å². The Hall–Kier alpha value is -3.14. The maximum atomic E-state index is 11.4. The summed E-state index contributed by atoms with van der Waals surface area (Å²) in [5, 5.41) is 22.4. The molecular formula is C16H15N3O4. The Labute approximate surface area is 132 Å². The van der Waals surface area contributed by atoms with E-state index >= 15 is 0 Å². The molecule has 7 nitrogen and oxygen atoms in total. The average Bonchev–Trinajstić information content (AvgIpc) is 2.93. The van der Waals surface area contributed by atoms with E-state index in [-0.39, 0.29) is 17.2 Å². The molecule has 0 aliphatic heterocycles. The Morgan fingerprint density at radius 1 is 1.48 bits per heavy atom. The van der Waals surface area contributed by atoms with Gasteiger partial charge in [0.05, 0.1) is 30.0 Å². The van der Waals surface area contributed by atoms with E-state index in [0.29, 0.717) is 29.0 Å². The van der Waals surface area contributed by atoms with E-state index in [1.54, 1.807) is 12.1 Å². The first-order chi connectivity index (χ1) is 10.9. The fourth-order valence-corrected chi connectivity index (χ4v) is 2.38. The molecule has 23 heavy (non-hydrogen) atoms. The van der Waals surface area contributed by atoms with Crippen molar-refractivity contribution >= 4 is 12.3 Å². The number of aromatic nitrogens is 2. The van der Waals surface area contributed by atoms with Crippen LogP contribution >= 0.6 is 0 Å². The molecule has 2 rings (SSSR count). The summed E-state index contributed by atoms with van der Waals surface area (Å²) in [7, 11) is 1.46. The quantitative estimate of drug-likeness (QED) is 0.850. The number of carboxylic acids is 1. The number of methoxy groups -OCH3 is 1. The third-order valence-electron chi connectivity index (χ3n) is 3.36. The Balaban J connectivity index is 2.85. The van der Waals surface area contributed by atoms with Gasteiger partial charge in [-0.15, -0.1) is 0 Å². The maximum absolute atomic E-state index is 11.4. The van der Waals surface area contributed by atoms with Crippen LogP contribution in [0.1, 0.15) is 51.9 Å². The molecular weight excluding hydrogens is 298 g/mol. The van der Waals surface area contributed by atoms with Crippen LogP contribution in [-0.4, -0.2) is 34.3 Å². The normalized spacial score (nSPS) is 10.4. The summed E-state index contributed by atoms with van der Waals surface area (Å²) in [5.74, 6) is -1.03. The van der Waals surface area contributed by atoms with Crippen molar-refractivity contribution in [2.75, 3.05) is 7.11 Å². The lowest BCUT2D eigenvalue weighted by atomic mass is 10.0. The molecule has 0 atom stereocenters. The molecule has 7 heteroatoms. The van der Waals surface area contributed by atoms with Crippen molar-refractivity contribution in [1.29, 1.82) is 5.26 Å². The largest absolute Gasteiger partial charge is 0.494 e. The van der Waals surface area contributed by atoms with Crippen molar-refractivity contribution in [1.82, 2.24) is 9.78 Å². The molecule has 0 fully saturated rings. The summed E-state index contributed by atoms with van der Waals surface area (Å²) >= 11 is 0. The van der Waals surface area contributed by atoms with Crippen LogP contribution in [0.5, 0.6) is 5.75 Å². The Bertz CT molecular complexity index is 815. The Morgan fingerprint density at radius 3 is 2.65 bits per heavy atom.